The molecule has 2 bridgehead atoms. The molecule has 0 saturated heterocycles. The second-order valence-corrected chi connectivity index (χ2v) is 4.49. The van der Waals surface area contributed by atoms with Crippen molar-refractivity contribution in [2.24, 2.45) is 11.8 Å². The Kier molecular flexibility index (Phi) is 1.67. The molecule has 0 spiro atoms. The average Bonchev–Trinajstić information content (AvgIpc) is 2.42. The van der Waals surface area contributed by atoms with E-state index >= 15 is 0 Å². The van der Waals surface area contributed by atoms with Gasteiger partial charge in [-0.2, -0.15) is 0 Å². The van der Waals surface area contributed by atoms with Gasteiger partial charge in [-0.25, -0.2) is 0 Å². The number of hydrogen-bond donors (Lipinski definition) is 0. The van der Waals surface area contributed by atoms with E-state index < -0.39 is 0 Å². The summed E-state index contributed by atoms with van der Waals surface area (Å²) in [5, 5.41) is 0. The van der Waals surface area contributed by atoms with Crippen LogP contribution in [-0.2, 0) is 9.53 Å². The van der Waals surface area contributed by atoms with E-state index in [1.807, 2.05) is 0 Å². The molecule has 0 aliphatic heterocycles. The third-order valence-corrected chi connectivity index (χ3v) is 3.48. The van der Waals surface area contributed by atoms with E-state index in [1.54, 1.807) is 0 Å². The van der Waals surface area contributed by atoms with Crippen LogP contribution in [0.1, 0.15) is 39.5 Å². The number of esters is 1. The second kappa shape index (κ2) is 2.48. The van der Waals surface area contributed by atoms with Gasteiger partial charge in [-0.3, -0.25) is 4.79 Å². The van der Waals surface area contributed by atoms with Crippen LogP contribution >= 0.6 is 0 Å². The van der Waals surface area contributed by atoms with Crippen molar-refractivity contribution in [1.29, 1.82) is 0 Å². The quantitative estimate of drug-likeness (QED) is 0.561. The van der Waals surface area contributed by atoms with Crippen LogP contribution in [0, 0.1) is 11.8 Å². The Bertz CT molecular complexity index is 212. The van der Waals surface area contributed by atoms with Gasteiger partial charge in [0, 0.05) is 6.92 Å². The summed E-state index contributed by atoms with van der Waals surface area (Å²) in [6.45, 7) is 3.61. The van der Waals surface area contributed by atoms with Gasteiger partial charge in [-0.15, -0.1) is 0 Å². The Labute approximate surface area is 73.3 Å². The highest BCUT2D eigenvalue weighted by atomic mass is 16.6. The van der Waals surface area contributed by atoms with E-state index in [9.17, 15) is 4.79 Å². The predicted molar refractivity (Wildman–Crippen MR) is 45.6 cm³/mol. The Morgan fingerprint density at radius 1 is 1.50 bits per heavy atom. The van der Waals surface area contributed by atoms with Crippen LogP contribution in [0.4, 0.5) is 0 Å². The normalized spacial score (nSPS) is 44.8. The van der Waals surface area contributed by atoms with Crippen molar-refractivity contribution in [3.63, 3.8) is 0 Å². The van der Waals surface area contributed by atoms with Gasteiger partial charge in [0.15, 0.2) is 0 Å². The summed E-state index contributed by atoms with van der Waals surface area (Å²) in [5.74, 6) is 1.36. The van der Waals surface area contributed by atoms with Gasteiger partial charge in [0.2, 0.25) is 0 Å². The standard InChI is InChI=1S/C10H16O2/c1-7(11)12-10(2)6-8-3-4-9(10)5-8/h8-9H,3-6H2,1-2H3. The molecule has 2 aliphatic carbocycles. The minimum absolute atomic E-state index is 0.116. The Balaban J connectivity index is 2.07. The smallest absolute Gasteiger partial charge is 0.303 e. The molecule has 3 unspecified atom stereocenters. The first kappa shape index (κ1) is 8.09. The van der Waals surface area contributed by atoms with Crippen molar-refractivity contribution in [3.05, 3.63) is 0 Å². The Hall–Kier alpha value is -0.530. The monoisotopic (exact) mass is 168 g/mol. The van der Waals surface area contributed by atoms with Crippen molar-refractivity contribution < 1.29 is 9.53 Å². The maximum atomic E-state index is 10.9. The van der Waals surface area contributed by atoms with Crippen LogP contribution in [0.2, 0.25) is 0 Å². The van der Waals surface area contributed by atoms with E-state index in [0.29, 0.717) is 5.92 Å². The summed E-state index contributed by atoms with van der Waals surface area (Å²) >= 11 is 0. The molecule has 0 heterocycles. The van der Waals surface area contributed by atoms with Crippen molar-refractivity contribution in [2.75, 3.05) is 0 Å². The molecule has 0 N–H and O–H groups in total. The van der Waals surface area contributed by atoms with Crippen molar-refractivity contribution in [2.45, 2.75) is 45.1 Å². The fraction of sp³-hybridized carbons (Fsp3) is 0.900. The zero-order valence-corrected chi connectivity index (χ0v) is 7.80. The molecule has 0 radical (unpaired) electrons. The molecule has 0 aromatic rings. The average molecular weight is 168 g/mol. The fourth-order valence-electron chi connectivity index (χ4n) is 3.01. The maximum Gasteiger partial charge on any atom is 0.303 e. The van der Waals surface area contributed by atoms with Crippen molar-refractivity contribution in [3.8, 4) is 0 Å². The topological polar surface area (TPSA) is 26.3 Å². The zero-order valence-electron chi connectivity index (χ0n) is 7.80. The number of ether oxygens (including phenoxy) is 1. The molecule has 2 nitrogen and oxygen atoms in total. The van der Waals surface area contributed by atoms with Gasteiger partial charge >= 0.3 is 5.97 Å². The highest BCUT2D eigenvalue weighted by Crippen LogP contribution is 2.52. The Morgan fingerprint density at radius 2 is 2.25 bits per heavy atom. The number of fused-ring (bicyclic) bond motifs is 2. The molecule has 12 heavy (non-hydrogen) atoms. The number of carbonyl (C=O) groups is 1. The van der Waals surface area contributed by atoms with Gasteiger partial charge in [0.25, 0.3) is 0 Å². The van der Waals surface area contributed by atoms with Crippen LogP contribution in [0.3, 0.4) is 0 Å². The fourth-order valence-corrected chi connectivity index (χ4v) is 3.01. The lowest BCUT2D eigenvalue weighted by molar-refractivity contribution is -0.160. The van der Waals surface area contributed by atoms with Gasteiger partial charge < -0.3 is 4.74 Å². The zero-order chi connectivity index (χ0) is 8.77. The number of carbonyl (C=O) groups excluding carboxylic acids is 1. The van der Waals surface area contributed by atoms with E-state index in [1.165, 1.54) is 26.2 Å². The second-order valence-electron chi connectivity index (χ2n) is 4.49. The maximum absolute atomic E-state index is 10.9. The summed E-state index contributed by atoms with van der Waals surface area (Å²) < 4.78 is 5.39. The molecule has 68 valence electrons. The minimum Gasteiger partial charge on any atom is -0.459 e. The molecule has 2 saturated carbocycles. The van der Waals surface area contributed by atoms with Crippen LogP contribution in [-0.4, -0.2) is 11.6 Å². The first-order chi connectivity index (χ1) is 5.60. The number of hydrogen-bond acceptors (Lipinski definition) is 2. The van der Waals surface area contributed by atoms with Crippen LogP contribution < -0.4 is 0 Å². The van der Waals surface area contributed by atoms with Gasteiger partial charge in [-0.1, -0.05) is 0 Å². The molecule has 2 aliphatic rings. The first-order valence-electron chi connectivity index (χ1n) is 4.80. The third-order valence-electron chi connectivity index (χ3n) is 3.48. The van der Waals surface area contributed by atoms with Crippen molar-refractivity contribution in [1.82, 2.24) is 0 Å². The van der Waals surface area contributed by atoms with Crippen LogP contribution in [0.15, 0.2) is 0 Å². The molecule has 2 heteroatoms. The lowest BCUT2D eigenvalue weighted by Crippen LogP contribution is -2.36. The molecule has 2 fully saturated rings. The van der Waals surface area contributed by atoms with Gasteiger partial charge in [-0.05, 0) is 44.4 Å². The summed E-state index contributed by atoms with van der Waals surface area (Å²) in [6, 6.07) is 0. The van der Waals surface area contributed by atoms with Crippen molar-refractivity contribution >= 4 is 5.97 Å². The minimum atomic E-state index is -0.120. The molecule has 3 atom stereocenters. The predicted octanol–water partition coefficient (Wildman–Crippen LogP) is 2.13. The van der Waals surface area contributed by atoms with Crippen LogP contribution in [0.5, 0.6) is 0 Å². The third kappa shape index (κ3) is 1.13. The summed E-state index contributed by atoms with van der Waals surface area (Å²) in [5.41, 5.74) is -0.116. The number of rotatable bonds is 1. The van der Waals surface area contributed by atoms with E-state index in [4.69, 9.17) is 4.74 Å². The molecule has 2 rings (SSSR count). The summed E-state index contributed by atoms with van der Waals surface area (Å²) in [6.07, 6.45) is 4.98. The first-order valence-corrected chi connectivity index (χ1v) is 4.80. The SMILES string of the molecule is CC(=O)OC1(C)CC2CCC1C2. The largest absolute Gasteiger partial charge is 0.459 e. The Morgan fingerprint density at radius 3 is 2.67 bits per heavy atom. The van der Waals surface area contributed by atoms with Gasteiger partial charge in [0.1, 0.15) is 5.60 Å². The molecule has 0 aromatic heterocycles. The molecular formula is C10H16O2. The molecule has 0 amide bonds. The van der Waals surface area contributed by atoms with Gasteiger partial charge in [0.05, 0.1) is 0 Å². The lowest BCUT2D eigenvalue weighted by atomic mass is 9.86. The highest BCUT2D eigenvalue weighted by molar-refractivity contribution is 5.66. The summed E-state index contributed by atoms with van der Waals surface area (Å²) in [7, 11) is 0. The van der Waals surface area contributed by atoms with E-state index in [2.05, 4.69) is 6.92 Å². The van der Waals surface area contributed by atoms with Crippen LogP contribution in [0.25, 0.3) is 0 Å². The molecule has 0 aromatic carbocycles. The summed E-state index contributed by atoms with van der Waals surface area (Å²) in [4.78, 5) is 10.9. The molecular weight excluding hydrogens is 152 g/mol. The van der Waals surface area contributed by atoms with E-state index in [-0.39, 0.29) is 11.6 Å². The highest BCUT2D eigenvalue weighted by Gasteiger charge is 2.50. The van der Waals surface area contributed by atoms with E-state index in [0.717, 1.165) is 12.3 Å². The lowest BCUT2D eigenvalue weighted by Gasteiger charge is -2.33.